The van der Waals surface area contributed by atoms with Crippen molar-refractivity contribution in [2.24, 2.45) is 0 Å². The molecule has 2 aromatic rings. The molecule has 0 atom stereocenters. The molecule has 2 N–H and O–H groups in total. The summed E-state index contributed by atoms with van der Waals surface area (Å²) in [5.41, 5.74) is 7.22. The maximum Gasteiger partial charge on any atom is 0.130 e. The van der Waals surface area contributed by atoms with Gasteiger partial charge in [0.05, 0.1) is 13.7 Å². The highest BCUT2D eigenvalue weighted by Crippen LogP contribution is 2.32. The summed E-state index contributed by atoms with van der Waals surface area (Å²) in [5, 5.41) is 0. The van der Waals surface area contributed by atoms with Crippen molar-refractivity contribution >= 4 is 17.4 Å². The maximum absolute atomic E-state index is 13.9. The zero-order valence-corrected chi connectivity index (χ0v) is 12.9. The Hall–Kier alpha value is -1.88. The van der Waals surface area contributed by atoms with Crippen LogP contribution in [0.1, 0.15) is 12.5 Å². The highest BCUT2D eigenvalue weighted by atomic mass is 32.2. The topological polar surface area (TPSA) is 44.5 Å². The summed E-state index contributed by atoms with van der Waals surface area (Å²) < 4.78 is 24.3. The molecule has 0 radical (unpaired) electrons. The third-order valence-electron chi connectivity index (χ3n) is 2.94. The number of halogens is 1. The van der Waals surface area contributed by atoms with Gasteiger partial charge in [0, 0.05) is 22.4 Å². The van der Waals surface area contributed by atoms with Crippen molar-refractivity contribution in [1.29, 1.82) is 0 Å². The molecule has 0 aromatic heterocycles. The Bertz CT molecular complexity index is 619. The molecule has 0 fully saturated rings. The summed E-state index contributed by atoms with van der Waals surface area (Å²) in [6, 6.07) is 10.4. The van der Waals surface area contributed by atoms with Crippen LogP contribution < -0.4 is 15.2 Å². The molecule has 0 aliphatic rings. The molecule has 0 heterocycles. The largest absolute Gasteiger partial charge is 0.497 e. The Morgan fingerprint density at radius 1 is 1.14 bits per heavy atom. The molecule has 0 saturated carbocycles. The van der Waals surface area contributed by atoms with E-state index in [0.29, 0.717) is 29.4 Å². The molecule has 2 aromatic carbocycles. The van der Waals surface area contributed by atoms with Gasteiger partial charge in [0.2, 0.25) is 0 Å². The van der Waals surface area contributed by atoms with Crippen LogP contribution in [-0.4, -0.2) is 13.7 Å². The summed E-state index contributed by atoms with van der Waals surface area (Å²) in [7, 11) is 1.52. The lowest BCUT2D eigenvalue weighted by molar-refractivity contribution is 0.339. The van der Waals surface area contributed by atoms with Gasteiger partial charge in [-0.3, -0.25) is 0 Å². The third kappa shape index (κ3) is 4.04. The van der Waals surface area contributed by atoms with Crippen molar-refractivity contribution in [2.45, 2.75) is 17.6 Å². The Balaban J connectivity index is 2.10. The fourth-order valence-corrected chi connectivity index (χ4v) is 2.80. The zero-order valence-electron chi connectivity index (χ0n) is 12.1. The molecule has 0 aliphatic carbocycles. The van der Waals surface area contributed by atoms with E-state index in [1.165, 1.54) is 24.9 Å². The fraction of sp³-hybridized carbons (Fsp3) is 0.250. The second-order valence-electron chi connectivity index (χ2n) is 4.38. The van der Waals surface area contributed by atoms with Crippen molar-refractivity contribution in [3.63, 3.8) is 0 Å². The molecule has 2 rings (SSSR count). The molecule has 0 amide bonds. The quantitative estimate of drug-likeness (QED) is 0.644. The molecule has 0 bridgehead atoms. The normalized spacial score (nSPS) is 10.4. The number of benzene rings is 2. The predicted molar refractivity (Wildman–Crippen MR) is 84.5 cm³/mol. The van der Waals surface area contributed by atoms with Gasteiger partial charge < -0.3 is 15.2 Å². The van der Waals surface area contributed by atoms with Gasteiger partial charge in [0.25, 0.3) is 0 Å². The molecule has 5 heteroatoms. The molecular weight excluding hydrogens is 289 g/mol. The molecule has 3 nitrogen and oxygen atoms in total. The van der Waals surface area contributed by atoms with E-state index in [9.17, 15) is 4.39 Å². The van der Waals surface area contributed by atoms with Gasteiger partial charge in [-0.15, -0.1) is 11.8 Å². The van der Waals surface area contributed by atoms with E-state index in [1.807, 2.05) is 19.1 Å². The van der Waals surface area contributed by atoms with Crippen LogP contribution in [0.5, 0.6) is 11.5 Å². The fourth-order valence-electron chi connectivity index (χ4n) is 1.82. The SMILES string of the molecule is CCOc1ccc(N)c(SCc2ccc(OC)cc2F)c1. The van der Waals surface area contributed by atoms with Gasteiger partial charge in [-0.2, -0.15) is 0 Å². The lowest BCUT2D eigenvalue weighted by atomic mass is 10.2. The lowest BCUT2D eigenvalue weighted by Gasteiger charge is -2.10. The summed E-state index contributed by atoms with van der Waals surface area (Å²) in [4.78, 5) is 0.885. The minimum Gasteiger partial charge on any atom is -0.497 e. The van der Waals surface area contributed by atoms with Crippen molar-refractivity contribution in [1.82, 2.24) is 0 Å². The van der Waals surface area contributed by atoms with Crippen LogP contribution in [-0.2, 0) is 5.75 Å². The summed E-state index contributed by atoms with van der Waals surface area (Å²) >= 11 is 1.48. The minimum absolute atomic E-state index is 0.276. The minimum atomic E-state index is -0.276. The van der Waals surface area contributed by atoms with Crippen molar-refractivity contribution < 1.29 is 13.9 Å². The van der Waals surface area contributed by atoms with Gasteiger partial charge in [-0.25, -0.2) is 4.39 Å². The standard InChI is InChI=1S/C16H18FNO2S/c1-3-20-13-6-7-15(18)16(9-13)21-10-11-4-5-12(19-2)8-14(11)17/h4-9H,3,10,18H2,1-2H3. The van der Waals surface area contributed by atoms with E-state index in [2.05, 4.69) is 0 Å². The molecule has 0 saturated heterocycles. The van der Waals surface area contributed by atoms with Crippen LogP contribution in [0, 0.1) is 5.82 Å². The average molecular weight is 307 g/mol. The number of nitrogens with two attached hydrogens (primary N) is 1. The molecular formula is C16H18FNO2S. The molecule has 0 spiro atoms. The van der Waals surface area contributed by atoms with Gasteiger partial charge >= 0.3 is 0 Å². The van der Waals surface area contributed by atoms with Gasteiger partial charge in [0.1, 0.15) is 17.3 Å². The number of hydrogen-bond acceptors (Lipinski definition) is 4. The monoisotopic (exact) mass is 307 g/mol. The first-order valence-corrected chi connectivity index (χ1v) is 7.60. The number of nitrogen functional groups attached to an aromatic ring is 1. The van der Waals surface area contributed by atoms with E-state index in [4.69, 9.17) is 15.2 Å². The molecule has 0 aliphatic heterocycles. The molecule has 0 unspecified atom stereocenters. The maximum atomic E-state index is 13.9. The smallest absolute Gasteiger partial charge is 0.130 e. The number of rotatable bonds is 6. The molecule has 21 heavy (non-hydrogen) atoms. The van der Waals surface area contributed by atoms with Gasteiger partial charge in [0.15, 0.2) is 0 Å². The Kier molecular flexibility index (Phi) is 5.33. The van der Waals surface area contributed by atoms with E-state index >= 15 is 0 Å². The van der Waals surface area contributed by atoms with Crippen molar-refractivity contribution in [3.8, 4) is 11.5 Å². The Morgan fingerprint density at radius 3 is 2.57 bits per heavy atom. The second-order valence-corrected chi connectivity index (χ2v) is 5.40. The van der Waals surface area contributed by atoms with E-state index in [1.54, 1.807) is 18.2 Å². The predicted octanol–water partition coefficient (Wildman–Crippen LogP) is 4.11. The van der Waals surface area contributed by atoms with E-state index < -0.39 is 0 Å². The van der Waals surface area contributed by atoms with E-state index in [0.717, 1.165) is 10.6 Å². The van der Waals surface area contributed by atoms with Crippen LogP contribution >= 0.6 is 11.8 Å². The van der Waals surface area contributed by atoms with E-state index in [-0.39, 0.29) is 5.82 Å². The first-order chi connectivity index (χ1) is 10.1. The Labute approximate surface area is 128 Å². The highest BCUT2D eigenvalue weighted by Gasteiger charge is 2.07. The Morgan fingerprint density at radius 2 is 1.90 bits per heavy atom. The average Bonchev–Trinajstić information content (AvgIpc) is 2.49. The first-order valence-electron chi connectivity index (χ1n) is 6.61. The van der Waals surface area contributed by atoms with Crippen LogP contribution in [0.15, 0.2) is 41.3 Å². The van der Waals surface area contributed by atoms with Gasteiger partial charge in [-0.1, -0.05) is 6.07 Å². The number of methoxy groups -OCH3 is 1. The van der Waals surface area contributed by atoms with Crippen LogP contribution in [0.4, 0.5) is 10.1 Å². The van der Waals surface area contributed by atoms with Gasteiger partial charge in [-0.05, 0) is 36.8 Å². The first kappa shape index (κ1) is 15.5. The number of hydrogen-bond donors (Lipinski definition) is 1. The molecule has 112 valence electrons. The van der Waals surface area contributed by atoms with Crippen molar-refractivity contribution in [2.75, 3.05) is 19.5 Å². The zero-order chi connectivity index (χ0) is 15.2. The van der Waals surface area contributed by atoms with Crippen LogP contribution in [0.3, 0.4) is 0 Å². The summed E-state index contributed by atoms with van der Waals surface area (Å²) in [6.45, 7) is 2.52. The number of ether oxygens (including phenoxy) is 2. The third-order valence-corrected chi connectivity index (χ3v) is 4.06. The highest BCUT2D eigenvalue weighted by molar-refractivity contribution is 7.98. The number of anilines is 1. The number of thioether (sulfide) groups is 1. The summed E-state index contributed by atoms with van der Waals surface area (Å²) in [6.07, 6.45) is 0. The second kappa shape index (κ2) is 7.22. The summed E-state index contributed by atoms with van der Waals surface area (Å²) in [5.74, 6) is 1.50. The van der Waals surface area contributed by atoms with Crippen LogP contribution in [0.25, 0.3) is 0 Å². The lowest BCUT2D eigenvalue weighted by Crippen LogP contribution is -1.95. The van der Waals surface area contributed by atoms with Crippen molar-refractivity contribution in [3.05, 3.63) is 47.8 Å². The van der Waals surface area contributed by atoms with Crippen LogP contribution in [0.2, 0.25) is 0 Å².